The van der Waals surface area contributed by atoms with Gasteiger partial charge < -0.3 is 15.5 Å². The average Bonchev–Trinajstić information content (AvgIpc) is 2.57. The molecule has 16 heavy (non-hydrogen) atoms. The van der Waals surface area contributed by atoms with Crippen LogP contribution >= 0.6 is 0 Å². The maximum atomic E-state index is 11.7. The van der Waals surface area contributed by atoms with Gasteiger partial charge in [-0.2, -0.15) is 0 Å². The topological polar surface area (TPSA) is 68.3 Å². The number of nitrogens with one attached hydrogen (secondary N) is 1. The van der Waals surface area contributed by atoms with Gasteiger partial charge in [0.05, 0.1) is 5.56 Å². The first-order valence-electron chi connectivity index (χ1n) is 5.70. The van der Waals surface area contributed by atoms with E-state index in [1.807, 2.05) is 6.92 Å². The van der Waals surface area contributed by atoms with E-state index in [4.69, 9.17) is 10.2 Å². The summed E-state index contributed by atoms with van der Waals surface area (Å²) in [5, 5.41) is 2.87. The molecule has 1 rings (SSSR count). The van der Waals surface area contributed by atoms with E-state index < -0.39 is 0 Å². The predicted octanol–water partition coefficient (Wildman–Crippen LogP) is 1.76. The monoisotopic (exact) mass is 224 g/mol. The molecule has 0 aliphatic rings. The molecule has 0 bridgehead atoms. The number of carbonyl (C=O) groups is 1. The highest BCUT2D eigenvalue weighted by atomic mass is 16.3. The molecule has 0 spiro atoms. The zero-order chi connectivity index (χ0) is 12.0. The van der Waals surface area contributed by atoms with Crippen molar-refractivity contribution in [2.45, 2.75) is 33.1 Å². The lowest BCUT2D eigenvalue weighted by Crippen LogP contribution is -2.24. The molecule has 0 aromatic carbocycles. The molecule has 0 unspecified atom stereocenters. The van der Waals surface area contributed by atoms with Gasteiger partial charge in [0.1, 0.15) is 11.5 Å². The van der Waals surface area contributed by atoms with Crippen LogP contribution in [-0.4, -0.2) is 19.0 Å². The largest absolute Gasteiger partial charge is 0.466 e. The molecule has 3 N–H and O–H groups in total. The van der Waals surface area contributed by atoms with Crippen LogP contribution in [0.3, 0.4) is 0 Å². The summed E-state index contributed by atoms with van der Waals surface area (Å²) < 4.78 is 5.30. The number of aryl methyl sites for hydroxylation is 2. The molecule has 1 aromatic rings. The lowest BCUT2D eigenvalue weighted by molar-refractivity contribution is 0.0951. The highest BCUT2D eigenvalue weighted by Gasteiger charge is 2.12. The van der Waals surface area contributed by atoms with Crippen LogP contribution in [0.2, 0.25) is 0 Å². The van der Waals surface area contributed by atoms with E-state index in [1.54, 1.807) is 13.0 Å². The van der Waals surface area contributed by atoms with Gasteiger partial charge in [-0.25, -0.2) is 0 Å². The third-order valence-corrected chi connectivity index (χ3v) is 2.45. The summed E-state index contributed by atoms with van der Waals surface area (Å²) in [5.41, 5.74) is 6.02. The molecule has 0 aliphatic heterocycles. The average molecular weight is 224 g/mol. The predicted molar refractivity (Wildman–Crippen MR) is 63.4 cm³/mol. The van der Waals surface area contributed by atoms with Gasteiger partial charge in [-0.3, -0.25) is 4.79 Å². The minimum atomic E-state index is -0.0536. The smallest absolute Gasteiger partial charge is 0.254 e. The first kappa shape index (κ1) is 12.8. The van der Waals surface area contributed by atoms with E-state index >= 15 is 0 Å². The van der Waals surface area contributed by atoms with Gasteiger partial charge in [0.25, 0.3) is 5.91 Å². The van der Waals surface area contributed by atoms with Gasteiger partial charge >= 0.3 is 0 Å². The number of unbranched alkanes of at least 4 members (excludes halogenated alkanes) is 2. The second-order valence-electron chi connectivity index (χ2n) is 3.93. The van der Waals surface area contributed by atoms with Crippen LogP contribution in [-0.2, 0) is 0 Å². The SMILES string of the molecule is Cc1cc(C(=O)NCCCCCN)c(C)o1. The molecule has 0 fully saturated rings. The molecule has 0 atom stereocenters. The number of furan rings is 1. The Morgan fingerprint density at radius 1 is 1.38 bits per heavy atom. The molecule has 1 heterocycles. The van der Waals surface area contributed by atoms with Crippen molar-refractivity contribution >= 4 is 5.91 Å². The number of hydrogen-bond acceptors (Lipinski definition) is 3. The van der Waals surface area contributed by atoms with Crippen molar-refractivity contribution in [3.05, 3.63) is 23.2 Å². The standard InChI is InChI=1S/C12H20N2O2/c1-9-8-11(10(2)16-9)12(15)14-7-5-3-4-6-13/h8H,3-7,13H2,1-2H3,(H,14,15). The van der Waals surface area contributed by atoms with E-state index in [1.165, 1.54) is 0 Å². The Labute approximate surface area is 96.2 Å². The maximum absolute atomic E-state index is 11.7. The Bertz CT molecular complexity index is 345. The molecular formula is C12H20N2O2. The van der Waals surface area contributed by atoms with Crippen LogP contribution in [0.15, 0.2) is 10.5 Å². The molecule has 0 saturated carbocycles. The number of hydrogen-bond donors (Lipinski definition) is 2. The first-order chi connectivity index (χ1) is 7.65. The second kappa shape index (κ2) is 6.33. The van der Waals surface area contributed by atoms with E-state index in [0.29, 0.717) is 24.4 Å². The van der Waals surface area contributed by atoms with Crippen LogP contribution in [0.5, 0.6) is 0 Å². The third-order valence-electron chi connectivity index (χ3n) is 2.45. The number of carbonyl (C=O) groups excluding carboxylic acids is 1. The van der Waals surface area contributed by atoms with Crippen LogP contribution < -0.4 is 11.1 Å². The number of rotatable bonds is 6. The van der Waals surface area contributed by atoms with Gasteiger partial charge in [0.2, 0.25) is 0 Å². The van der Waals surface area contributed by atoms with Gasteiger partial charge in [0.15, 0.2) is 0 Å². The van der Waals surface area contributed by atoms with Crippen molar-refractivity contribution in [2.24, 2.45) is 5.73 Å². The van der Waals surface area contributed by atoms with Crippen molar-refractivity contribution in [3.8, 4) is 0 Å². The Morgan fingerprint density at radius 3 is 2.69 bits per heavy atom. The Morgan fingerprint density at radius 2 is 2.12 bits per heavy atom. The quantitative estimate of drug-likeness (QED) is 0.723. The van der Waals surface area contributed by atoms with Gasteiger partial charge in [-0.05, 0) is 39.3 Å². The van der Waals surface area contributed by atoms with Gasteiger partial charge in [-0.15, -0.1) is 0 Å². The van der Waals surface area contributed by atoms with Crippen LogP contribution in [0.4, 0.5) is 0 Å². The van der Waals surface area contributed by atoms with Crippen molar-refractivity contribution in [2.75, 3.05) is 13.1 Å². The summed E-state index contributed by atoms with van der Waals surface area (Å²) in [7, 11) is 0. The second-order valence-corrected chi connectivity index (χ2v) is 3.93. The maximum Gasteiger partial charge on any atom is 0.254 e. The molecule has 4 heteroatoms. The molecule has 90 valence electrons. The van der Waals surface area contributed by atoms with E-state index in [2.05, 4.69) is 5.32 Å². The number of nitrogens with two attached hydrogens (primary N) is 1. The molecule has 4 nitrogen and oxygen atoms in total. The van der Waals surface area contributed by atoms with Crippen LogP contribution in [0, 0.1) is 13.8 Å². The lowest BCUT2D eigenvalue weighted by Gasteiger charge is -2.03. The Balaban J connectivity index is 2.33. The number of amides is 1. The third kappa shape index (κ3) is 3.70. The summed E-state index contributed by atoms with van der Waals surface area (Å²) in [4.78, 5) is 11.7. The summed E-state index contributed by atoms with van der Waals surface area (Å²) >= 11 is 0. The zero-order valence-corrected chi connectivity index (χ0v) is 10.0. The van der Waals surface area contributed by atoms with Crippen LogP contribution in [0.1, 0.15) is 41.1 Å². The fraction of sp³-hybridized carbons (Fsp3) is 0.583. The Hall–Kier alpha value is -1.29. The van der Waals surface area contributed by atoms with Crippen molar-refractivity contribution < 1.29 is 9.21 Å². The summed E-state index contributed by atoms with van der Waals surface area (Å²) in [6.45, 7) is 5.05. The normalized spacial score (nSPS) is 10.4. The molecule has 0 saturated heterocycles. The van der Waals surface area contributed by atoms with Crippen molar-refractivity contribution in [3.63, 3.8) is 0 Å². The minimum Gasteiger partial charge on any atom is -0.466 e. The van der Waals surface area contributed by atoms with E-state index in [0.717, 1.165) is 25.0 Å². The summed E-state index contributed by atoms with van der Waals surface area (Å²) in [5.74, 6) is 1.39. The molecular weight excluding hydrogens is 204 g/mol. The van der Waals surface area contributed by atoms with Crippen LogP contribution in [0.25, 0.3) is 0 Å². The summed E-state index contributed by atoms with van der Waals surface area (Å²) in [6.07, 6.45) is 3.04. The highest BCUT2D eigenvalue weighted by molar-refractivity contribution is 5.95. The fourth-order valence-corrected chi connectivity index (χ4v) is 1.60. The first-order valence-corrected chi connectivity index (χ1v) is 5.70. The molecule has 0 radical (unpaired) electrons. The van der Waals surface area contributed by atoms with E-state index in [-0.39, 0.29) is 5.91 Å². The zero-order valence-electron chi connectivity index (χ0n) is 10.0. The van der Waals surface area contributed by atoms with Crippen molar-refractivity contribution in [1.82, 2.24) is 5.32 Å². The Kier molecular flexibility index (Phi) is 5.05. The highest BCUT2D eigenvalue weighted by Crippen LogP contribution is 2.13. The fourth-order valence-electron chi connectivity index (χ4n) is 1.60. The van der Waals surface area contributed by atoms with E-state index in [9.17, 15) is 4.79 Å². The molecule has 1 aromatic heterocycles. The lowest BCUT2D eigenvalue weighted by atomic mass is 10.2. The molecule has 0 aliphatic carbocycles. The van der Waals surface area contributed by atoms with Gasteiger partial charge in [0, 0.05) is 6.54 Å². The van der Waals surface area contributed by atoms with Gasteiger partial charge in [-0.1, -0.05) is 6.42 Å². The van der Waals surface area contributed by atoms with Crippen molar-refractivity contribution in [1.29, 1.82) is 0 Å². The minimum absolute atomic E-state index is 0.0536. The molecule has 1 amide bonds. The summed E-state index contributed by atoms with van der Waals surface area (Å²) in [6, 6.07) is 1.77.